The third kappa shape index (κ3) is 8.40. The summed E-state index contributed by atoms with van der Waals surface area (Å²) in [5.74, 6) is -2.46. The van der Waals surface area contributed by atoms with Crippen LogP contribution in [0, 0.1) is 0 Å². The monoisotopic (exact) mass is 334 g/mol. The van der Waals surface area contributed by atoms with Crippen molar-refractivity contribution < 1.29 is 37.2 Å². The Morgan fingerprint density at radius 2 is 1.32 bits per heavy atom. The van der Waals surface area contributed by atoms with Crippen molar-refractivity contribution >= 4 is 32.7 Å². The molecule has 0 aliphatic carbocycles. The Hall–Kier alpha value is -1.90. The van der Waals surface area contributed by atoms with Crippen LogP contribution in [0.25, 0.3) is 0 Å². The first kappa shape index (κ1) is 20.1. The SMILES string of the molecule is CCC(=O)OCCC[Si](OC(C)=O)(OC(C)=O)OC(=O)CC. The third-order valence-corrected chi connectivity index (χ3v) is 5.04. The van der Waals surface area contributed by atoms with Crippen LogP contribution in [0.15, 0.2) is 0 Å². The molecule has 0 heterocycles. The molecule has 0 rings (SSSR count). The van der Waals surface area contributed by atoms with Gasteiger partial charge in [-0.25, -0.2) is 0 Å². The number of rotatable bonds is 9. The summed E-state index contributed by atoms with van der Waals surface area (Å²) >= 11 is 0. The van der Waals surface area contributed by atoms with E-state index in [1.807, 2.05) is 0 Å². The van der Waals surface area contributed by atoms with Crippen LogP contribution in [-0.4, -0.2) is 39.3 Å². The van der Waals surface area contributed by atoms with Crippen molar-refractivity contribution in [2.24, 2.45) is 0 Å². The first-order valence-corrected chi connectivity index (χ1v) is 8.94. The lowest BCUT2D eigenvalue weighted by atomic mass is 10.5. The number of ether oxygens (including phenoxy) is 1. The van der Waals surface area contributed by atoms with Crippen LogP contribution >= 0.6 is 0 Å². The highest BCUT2D eigenvalue weighted by atomic mass is 28.4. The van der Waals surface area contributed by atoms with Crippen molar-refractivity contribution in [2.75, 3.05) is 6.61 Å². The van der Waals surface area contributed by atoms with Crippen molar-refractivity contribution in [1.29, 1.82) is 0 Å². The summed E-state index contributed by atoms with van der Waals surface area (Å²) in [6.07, 6.45) is 0.513. The minimum Gasteiger partial charge on any atom is -0.466 e. The highest BCUT2D eigenvalue weighted by Crippen LogP contribution is 2.20. The molecule has 0 aliphatic rings. The van der Waals surface area contributed by atoms with E-state index in [1.54, 1.807) is 13.8 Å². The molecule has 0 saturated heterocycles. The summed E-state index contributed by atoms with van der Waals surface area (Å²) in [6, 6.07) is -0.00507. The molecule has 0 atom stereocenters. The fourth-order valence-corrected chi connectivity index (χ4v) is 3.85. The molecule has 0 amide bonds. The topological polar surface area (TPSA) is 105 Å². The van der Waals surface area contributed by atoms with Crippen molar-refractivity contribution in [3.05, 3.63) is 0 Å². The molecule has 0 bridgehead atoms. The number of carbonyl (C=O) groups excluding carboxylic acids is 4. The van der Waals surface area contributed by atoms with Crippen LogP contribution in [-0.2, 0) is 37.2 Å². The summed E-state index contributed by atoms with van der Waals surface area (Å²) in [7, 11) is -3.83. The lowest BCUT2D eigenvalue weighted by molar-refractivity contribution is -0.150. The van der Waals surface area contributed by atoms with Crippen LogP contribution in [0.5, 0.6) is 0 Å². The van der Waals surface area contributed by atoms with Gasteiger partial charge in [0.05, 0.1) is 12.7 Å². The van der Waals surface area contributed by atoms with Gasteiger partial charge in [0.1, 0.15) is 0 Å². The van der Waals surface area contributed by atoms with E-state index in [9.17, 15) is 19.2 Å². The summed E-state index contributed by atoms with van der Waals surface area (Å²) < 4.78 is 20.1. The molecule has 0 aliphatic heterocycles. The van der Waals surface area contributed by atoms with Crippen LogP contribution in [0.1, 0.15) is 47.0 Å². The number of hydrogen-bond donors (Lipinski definition) is 0. The van der Waals surface area contributed by atoms with Gasteiger partial charge in [0.15, 0.2) is 0 Å². The summed E-state index contributed by atoms with van der Waals surface area (Å²) in [5, 5.41) is 0. The molecule has 0 N–H and O–H groups in total. The van der Waals surface area contributed by atoms with Gasteiger partial charge in [0, 0.05) is 26.7 Å². The molecule has 0 aromatic rings. The molecule has 0 radical (unpaired) electrons. The Morgan fingerprint density at radius 3 is 1.73 bits per heavy atom. The second-order valence-corrected chi connectivity index (χ2v) is 6.85. The Labute approximate surface area is 130 Å². The molecule has 0 aromatic carbocycles. The minimum absolute atomic E-state index is 0.00507. The van der Waals surface area contributed by atoms with Crippen LogP contribution in [0.2, 0.25) is 6.04 Å². The molecule has 0 unspecified atom stereocenters. The second-order valence-electron chi connectivity index (χ2n) is 4.38. The largest absolute Gasteiger partial charge is 0.705 e. The first-order chi connectivity index (χ1) is 10.2. The van der Waals surface area contributed by atoms with Crippen LogP contribution in [0.4, 0.5) is 0 Å². The Kier molecular flexibility index (Phi) is 9.07. The van der Waals surface area contributed by atoms with E-state index in [2.05, 4.69) is 0 Å². The third-order valence-electron chi connectivity index (χ3n) is 2.34. The molecule has 22 heavy (non-hydrogen) atoms. The predicted octanol–water partition coefficient (Wildman–Crippen LogP) is 1.35. The van der Waals surface area contributed by atoms with Gasteiger partial charge in [0.25, 0.3) is 17.9 Å². The molecule has 9 heteroatoms. The van der Waals surface area contributed by atoms with E-state index in [1.165, 1.54) is 0 Å². The number of esters is 1. The minimum atomic E-state index is -3.83. The molecular formula is C13H22O8Si. The molecule has 0 spiro atoms. The molecule has 8 nitrogen and oxygen atoms in total. The van der Waals surface area contributed by atoms with E-state index in [-0.39, 0.29) is 37.9 Å². The normalized spacial score (nSPS) is 10.5. The van der Waals surface area contributed by atoms with Crippen molar-refractivity contribution in [3.8, 4) is 0 Å². The lowest BCUT2D eigenvalue weighted by Gasteiger charge is -2.26. The zero-order chi connectivity index (χ0) is 17.2. The van der Waals surface area contributed by atoms with Gasteiger partial charge < -0.3 is 18.0 Å². The zero-order valence-electron chi connectivity index (χ0n) is 13.3. The van der Waals surface area contributed by atoms with Crippen molar-refractivity contribution in [3.63, 3.8) is 0 Å². The summed E-state index contributed by atoms with van der Waals surface area (Å²) in [4.78, 5) is 45.1. The highest BCUT2D eigenvalue weighted by Gasteiger charge is 2.51. The first-order valence-electron chi connectivity index (χ1n) is 7.01. The van der Waals surface area contributed by atoms with E-state index in [4.69, 9.17) is 18.0 Å². The Morgan fingerprint density at radius 1 is 0.818 bits per heavy atom. The predicted molar refractivity (Wildman–Crippen MR) is 76.3 cm³/mol. The average Bonchev–Trinajstić information content (AvgIpc) is 2.41. The van der Waals surface area contributed by atoms with Gasteiger partial charge in [-0.05, 0) is 6.42 Å². The van der Waals surface area contributed by atoms with Gasteiger partial charge in [0.2, 0.25) is 0 Å². The second kappa shape index (κ2) is 9.93. The zero-order valence-corrected chi connectivity index (χ0v) is 14.3. The maximum absolute atomic E-state index is 11.5. The molecule has 0 aromatic heterocycles. The summed E-state index contributed by atoms with van der Waals surface area (Å²) in [6.45, 7) is 5.52. The quantitative estimate of drug-likeness (QED) is 0.353. The van der Waals surface area contributed by atoms with E-state index in [0.29, 0.717) is 0 Å². The number of hydrogen-bond acceptors (Lipinski definition) is 8. The lowest BCUT2D eigenvalue weighted by Crippen LogP contribution is -2.49. The molecule has 126 valence electrons. The molecule has 0 fully saturated rings. The van der Waals surface area contributed by atoms with E-state index < -0.39 is 26.7 Å². The van der Waals surface area contributed by atoms with Gasteiger partial charge in [-0.3, -0.25) is 19.2 Å². The maximum atomic E-state index is 11.5. The fraction of sp³-hybridized carbons (Fsp3) is 0.692. The van der Waals surface area contributed by atoms with Crippen molar-refractivity contribution in [1.82, 2.24) is 0 Å². The fourth-order valence-electron chi connectivity index (χ4n) is 1.48. The maximum Gasteiger partial charge on any atom is 0.705 e. The molecular weight excluding hydrogens is 312 g/mol. The van der Waals surface area contributed by atoms with Gasteiger partial charge >= 0.3 is 14.8 Å². The molecule has 0 saturated carbocycles. The van der Waals surface area contributed by atoms with Gasteiger partial charge in [-0.1, -0.05) is 13.8 Å². The van der Waals surface area contributed by atoms with E-state index >= 15 is 0 Å². The Bertz CT molecular complexity index is 404. The highest BCUT2D eigenvalue weighted by molar-refractivity contribution is 6.65. The van der Waals surface area contributed by atoms with Crippen LogP contribution in [0.3, 0.4) is 0 Å². The standard InChI is InChI=1S/C13H22O8Si/c1-5-12(16)18-8-7-9-22(19-10(3)14,20-11(4)15)21-13(17)6-2/h5-9H2,1-4H3. The van der Waals surface area contributed by atoms with E-state index in [0.717, 1.165) is 13.8 Å². The summed E-state index contributed by atoms with van der Waals surface area (Å²) in [5.41, 5.74) is 0. The number of carbonyl (C=O) groups is 4. The van der Waals surface area contributed by atoms with Gasteiger partial charge in [-0.2, -0.15) is 0 Å². The average molecular weight is 334 g/mol. The van der Waals surface area contributed by atoms with Crippen LogP contribution < -0.4 is 0 Å². The van der Waals surface area contributed by atoms with Crippen molar-refractivity contribution in [2.45, 2.75) is 53.0 Å². The van der Waals surface area contributed by atoms with Gasteiger partial charge in [-0.15, -0.1) is 0 Å². The smallest absolute Gasteiger partial charge is 0.466 e. The Balaban J connectivity index is 4.91.